The van der Waals surface area contributed by atoms with Gasteiger partial charge in [-0.25, -0.2) is 12.7 Å². The van der Waals surface area contributed by atoms with Gasteiger partial charge in [0.1, 0.15) is 0 Å². The maximum Gasteiger partial charge on any atom is 0.221 e. The second-order valence-corrected chi connectivity index (χ2v) is 7.51. The zero-order valence-corrected chi connectivity index (χ0v) is 13.5. The summed E-state index contributed by atoms with van der Waals surface area (Å²) < 4.78 is 24.1. The second kappa shape index (κ2) is 7.26. The van der Waals surface area contributed by atoms with Crippen LogP contribution in [0.4, 0.5) is 0 Å². The van der Waals surface area contributed by atoms with Crippen molar-refractivity contribution in [3.63, 3.8) is 0 Å². The topological polar surface area (TPSA) is 66.5 Å². The molecule has 8 heteroatoms. The fourth-order valence-corrected chi connectivity index (χ4v) is 2.64. The van der Waals surface area contributed by atoms with Crippen molar-refractivity contribution in [1.29, 1.82) is 0 Å². The number of nitrogens with zero attached hydrogens (tertiary/aromatic N) is 1. The van der Waals surface area contributed by atoms with E-state index in [0.29, 0.717) is 10.0 Å². The first-order valence-corrected chi connectivity index (χ1v) is 8.19. The number of amides is 1. The van der Waals surface area contributed by atoms with E-state index in [2.05, 4.69) is 5.32 Å². The lowest BCUT2D eigenvalue weighted by Gasteiger charge is -2.11. The summed E-state index contributed by atoms with van der Waals surface area (Å²) in [7, 11) is -0.498. The van der Waals surface area contributed by atoms with Crippen LogP contribution in [0.5, 0.6) is 0 Å². The zero-order valence-electron chi connectivity index (χ0n) is 11.2. The highest BCUT2D eigenvalue weighted by Gasteiger charge is 2.15. The van der Waals surface area contributed by atoms with Gasteiger partial charge in [-0.15, -0.1) is 0 Å². The lowest BCUT2D eigenvalue weighted by Crippen LogP contribution is -2.30. The van der Waals surface area contributed by atoms with Crippen LogP contribution in [-0.2, 0) is 21.4 Å². The summed E-state index contributed by atoms with van der Waals surface area (Å²) >= 11 is 11.7. The Morgan fingerprint density at radius 2 is 1.95 bits per heavy atom. The van der Waals surface area contributed by atoms with Gasteiger partial charge in [0.25, 0.3) is 0 Å². The first-order chi connectivity index (χ1) is 9.22. The average molecular weight is 339 g/mol. The van der Waals surface area contributed by atoms with Crippen LogP contribution in [0.2, 0.25) is 10.0 Å². The lowest BCUT2D eigenvalue weighted by molar-refractivity contribution is -0.120. The Labute approximate surface area is 128 Å². The predicted octanol–water partition coefficient (Wildman–Crippen LogP) is 1.89. The molecular weight excluding hydrogens is 323 g/mol. The van der Waals surface area contributed by atoms with Crippen LogP contribution in [0.3, 0.4) is 0 Å². The number of rotatable bonds is 6. The number of benzene rings is 1. The Bertz CT molecular complexity index is 588. The molecule has 1 amide bonds. The average Bonchev–Trinajstić information content (AvgIpc) is 2.35. The van der Waals surface area contributed by atoms with Gasteiger partial charge >= 0.3 is 0 Å². The highest BCUT2D eigenvalue weighted by molar-refractivity contribution is 7.89. The Kier molecular flexibility index (Phi) is 6.26. The number of carbonyl (C=O) groups is 1. The number of hydrogen-bond donors (Lipinski definition) is 1. The molecule has 5 nitrogen and oxygen atoms in total. The summed E-state index contributed by atoms with van der Waals surface area (Å²) in [5.74, 6) is -0.568. The largest absolute Gasteiger partial charge is 0.352 e. The number of halogens is 2. The minimum atomic E-state index is -3.36. The quantitative estimate of drug-likeness (QED) is 0.861. The molecular formula is C12H16Cl2N2O3S. The molecule has 0 unspecified atom stereocenters. The van der Waals surface area contributed by atoms with Crippen molar-refractivity contribution in [3.8, 4) is 0 Å². The monoisotopic (exact) mass is 338 g/mol. The molecule has 0 heterocycles. The molecule has 1 aromatic carbocycles. The molecule has 1 N–H and O–H groups in total. The van der Waals surface area contributed by atoms with Crippen LogP contribution >= 0.6 is 23.2 Å². The van der Waals surface area contributed by atoms with Gasteiger partial charge in [-0.3, -0.25) is 4.79 Å². The molecule has 0 saturated heterocycles. The van der Waals surface area contributed by atoms with Gasteiger partial charge in [-0.2, -0.15) is 0 Å². The Morgan fingerprint density at radius 1 is 1.30 bits per heavy atom. The Hall–Kier alpha value is -0.820. The molecule has 112 valence electrons. The minimum absolute atomic E-state index is 0.0915. The van der Waals surface area contributed by atoms with Crippen LogP contribution in [0.25, 0.3) is 0 Å². The van der Waals surface area contributed by atoms with Gasteiger partial charge in [0.05, 0.1) is 5.75 Å². The summed E-state index contributed by atoms with van der Waals surface area (Å²) in [6.07, 6.45) is -0.0915. The van der Waals surface area contributed by atoms with E-state index >= 15 is 0 Å². The summed E-state index contributed by atoms with van der Waals surface area (Å²) in [5.41, 5.74) is 0.722. The normalized spacial score (nSPS) is 11.7. The van der Waals surface area contributed by atoms with E-state index in [0.717, 1.165) is 9.87 Å². The highest BCUT2D eigenvalue weighted by atomic mass is 35.5. The van der Waals surface area contributed by atoms with E-state index in [4.69, 9.17) is 23.2 Å². The predicted molar refractivity (Wildman–Crippen MR) is 80.4 cm³/mol. The molecule has 1 aromatic rings. The molecule has 0 aliphatic carbocycles. The maximum absolute atomic E-state index is 11.6. The van der Waals surface area contributed by atoms with Crippen molar-refractivity contribution in [1.82, 2.24) is 9.62 Å². The highest BCUT2D eigenvalue weighted by Crippen LogP contribution is 2.20. The van der Waals surface area contributed by atoms with Gasteiger partial charge < -0.3 is 5.32 Å². The van der Waals surface area contributed by atoms with Crippen LogP contribution in [0.15, 0.2) is 18.2 Å². The van der Waals surface area contributed by atoms with E-state index in [1.165, 1.54) is 14.1 Å². The molecule has 1 rings (SSSR count). The van der Waals surface area contributed by atoms with Gasteiger partial charge in [-0.1, -0.05) is 29.3 Å². The van der Waals surface area contributed by atoms with E-state index < -0.39 is 10.0 Å². The SMILES string of the molecule is CN(C)S(=O)(=O)CCC(=O)NCc1ccc(Cl)cc1Cl. The van der Waals surface area contributed by atoms with E-state index in [1.54, 1.807) is 18.2 Å². The molecule has 0 radical (unpaired) electrons. The van der Waals surface area contributed by atoms with Crippen LogP contribution < -0.4 is 5.32 Å². The fourth-order valence-electron chi connectivity index (χ4n) is 1.35. The molecule has 0 fully saturated rings. The van der Waals surface area contributed by atoms with Gasteiger partial charge in [-0.05, 0) is 17.7 Å². The van der Waals surface area contributed by atoms with Crippen molar-refractivity contribution >= 4 is 39.1 Å². The number of sulfonamides is 1. The molecule has 0 atom stereocenters. The number of carbonyl (C=O) groups excluding carboxylic acids is 1. The van der Waals surface area contributed by atoms with Gasteiger partial charge in [0.15, 0.2) is 0 Å². The summed E-state index contributed by atoms with van der Waals surface area (Å²) in [6.45, 7) is 0.233. The molecule has 0 aromatic heterocycles. The minimum Gasteiger partial charge on any atom is -0.352 e. The van der Waals surface area contributed by atoms with Crippen molar-refractivity contribution in [2.24, 2.45) is 0 Å². The molecule has 0 aliphatic rings. The fraction of sp³-hybridized carbons (Fsp3) is 0.417. The zero-order chi connectivity index (χ0) is 15.3. The number of nitrogens with one attached hydrogen (secondary N) is 1. The van der Waals surface area contributed by atoms with E-state index in [-0.39, 0.29) is 24.6 Å². The molecule has 0 saturated carbocycles. The third kappa shape index (κ3) is 5.28. The van der Waals surface area contributed by atoms with Gasteiger partial charge in [0.2, 0.25) is 15.9 Å². The van der Waals surface area contributed by atoms with E-state index in [9.17, 15) is 13.2 Å². The number of hydrogen-bond acceptors (Lipinski definition) is 3. The molecule has 20 heavy (non-hydrogen) atoms. The van der Waals surface area contributed by atoms with Crippen LogP contribution in [-0.4, -0.2) is 38.5 Å². The lowest BCUT2D eigenvalue weighted by atomic mass is 10.2. The van der Waals surface area contributed by atoms with Gasteiger partial charge in [0, 0.05) is 37.1 Å². The van der Waals surface area contributed by atoms with Crippen molar-refractivity contribution in [2.75, 3.05) is 19.8 Å². The third-order valence-electron chi connectivity index (χ3n) is 2.63. The van der Waals surface area contributed by atoms with Crippen molar-refractivity contribution < 1.29 is 13.2 Å². The smallest absolute Gasteiger partial charge is 0.221 e. The van der Waals surface area contributed by atoms with Crippen molar-refractivity contribution in [3.05, 3.63) is 33.8 Å². The summed E-state index contributed by atoms with van der Waals surface area (Å²) in [4.78, 5) is 11.6. The Balaban J connectivity index is 2.48. The standard InChI is InChI=1S/C12H16Cl2N2O3S/c1-16(2)20(18,19)6-5-12(17)15-8-9-3-4-10(13)7-11(9)14/h3-4,7H,5-6,8H2,1-2H3,(H,15,17). The van der Waals surface area contributed by atoms with E-state index in [1.807, 2.05) is 0 Å². The van der Waals surface area contributed by atoms with Crippen molar-refractivity contribution in [2.45, 2.75) is 13.0 Å². The first-order valence-electron chi connectivity index (χ1n) is 5.83. The first kappa shape index (κ1) is 17.2. The van der Waals surface area contributed by atoms with Crippen LogP contribution in [0.1, 0.15) is 12.0 Å². The Morgan fingerprint density at radius 3 is 2.50 bits per heavy atom. The third-order valence-corrected chi connectivity index (χ3v) is 5.05. The summed E-state index contributed by atoms with van der Waals surface area (Å²) in [5, 5.41) is 3.59. The van der Waals surface area contributed by atoms with Crippen LogP contribution in [0, 0.1) is 0 Å². The second-order valence-electron chi connectivity index (χ2n) is 4.36. The summed E-state index contributed by atoms with van der Waals surface area (Å²) in [6, 6.07) is 4.97. The maximum atomic E-state index is 11.6. The molecule has 0 spiro atoms. The molecule has 0 bridgehead atoms. The molecule has 0 aliphatic heterocycles.